The monoisotopic (exact) mass is 346 g/mol. The molecule has 5 nitrogen and oxygen atoms in total. The molecular formula is C18H22N2O3S. The summed E-state index contributed by atoms with van der Waals surface area (Å²) in [6.45, 7) is 7.88. The van der Waals surface area contributed by atoms with Gasteiger partial charge in [-0.15, -0.1) is 11.3 Å². The average Bonchev–Trinajstić information content (AvgIpc) is 2.81. The maximum Gasteiger partial charge on any atom is 0.341 e. The van der Waals surface area contributed by atoms with Crippen LogP contribution >= 0.6 is 11.3 Å². The Morgan fingerprint density at radius 3 is 2.54 bits per heavy atom. The van der Waals surface area contributed by atoms with Crippen molar-refractivity contribution in [2.75, 3.05) is 24.3 Å². The summed E-state index contributed by atoms with van der Waals surface area (Å²) in [5, 5.41) is 6.47. The van der Waals surface area contributed by atoms with Crippen LogP contribution in [0.1, 0.15) is 31.9 Å². The van der Waals surface area contributed by atoms with Crippen molar-refractivity contribution in [2.24, 2.45) is 0 Å². The molecule has 2 rings (SSSR count). The Balaban J connectivity index is 2.09. The number of thiophene rings is 1. The molecule has 0 fully saturated rings. The highest BCUT2D eigenvalue weighted by Crippen LogP contribution is 2.32. The van der Waals surface area contributed by atoms with Gasteiger partial charge < -0.3 is 15.4 Å². The predicted molar refractivity (Wildman–Crippen MR) is 98.2 cm³/mol. The van der Waals surface area contributed by atoms with Crippen molar-refractivity contribution in [3.63, 3.8) is 0 Å². The number of hydrogen-bond donors (Lipinski definition) is 2. The summed E-state index contributed by atoms with van der Waals surface area (Å²) in [4.78, 5) is 25.2. The Morgan fingerprint density at radius 1 is 1.17 bits per heavy atom. The lowest BCUT2D eigenvalue weighted by Gasteiger charge is -2.11. The molecule has 1 heterocycles. The maximum atomic E-state index is 12.2. The van der Waals surface area contributed by atoms with Crippen LogP contribution in [0.2, 0.25) is 0 Å². The normalized spacial score (nSPS) is 10.4. The van der Waals surface area contributed by atoms with Crippen LogP contribution in [0.15, 0.2) is 18.2 Å². The quantitative estimate of drug-likeness (QED) is 0.808. The molecule has 0 aliphatic heterocycles. The number of aryl methyl sites for hydroxylation is 3. The molecule has 0 atom stereocenters. The van der Waals surface area contributed by atoms with Gasteiger partial charge in [0.15, 0.2) is 0 Å². The molecule has 2 N–H and O–H groups in total. The molecule has 1 aromatic carbocycles. The number of nitrogens with one attached hydrogen (secondary N) is 2. The van der Waals surface area contributed by atoms with Crippen LogP contribution in [-0.4, -0.2) is 25.5 Å². The van der Waals surface area contributed by atoms with E-state index in [2.05, 4.69) is 10.6 Å². The van der Waals surface area contributed by atoms with Crippen LogP contribution in [0.4, 0.5) is 10.7 Å². The Labute approximate surface area is 146 Å². The lowest BCUT2D eigenvalue weighted by molar-refractivity contribution is -0.114. The van der Waals surface area contributed by atoms with Gasteiger partial charge in [0.2, 0.25) is 5.91 Å². The molecule has 6 heteroatoms. The molecule has 1 aromatic heterocycles. The second-order valence-electron chi connectivity index (χ2n) is 5.70. The van der Waals surface area contributed by atoms with Gasteiger partial charge in [0, 0.05) is 10.6 Å². The first-order chi connectivity index (χ1) is 11.3. The average molecular weight is 346 g/mol. The molecule has 0 bridgehead atoms. The first kappa shape index (κ1) is 18.0. The van der Waals surface area contributed by atoms with E-state index >= 15 is 0 Å². The van der Waals surface area contributed by atoms with Crippen LogP contribution in [0.25, 0.3) is 0 Å². The fraction of sp³-hybridized carbons (Fsp3) is 0.333. The molecule has 0 aliphatic carbocycles. The summed E-state index contributed by atoms with van der Waals surface area (Å²) in [6.07, 6.45) is 0. The van der Waals surface area contributed by atoms with Crippen molar-refractivity contribution in [1.29, 1.82) is 0 Å². The minimum Gasteiger partial charge on any atom is -0.465 e. The maximum absolute atomic E-state index is 12.2. The van der Waals surface area contributed by atoms with Crippen LogP contribution in [-0.2, 0) is 9.53 Å². The van der Waals surface area contributed by atoms with E-state index in [4.69, 9.17) is 4.74 Å². The number of amides is 1. The molecule has 0 aliphatic rings. The lowest BCUT2D eigenvalue weighted by atomic mass is 10.1. The van der Waals surface area contributed by atoms with Gasteiger partial charge in [-0.3, -0.25) is 4.79 Å². The highest BCUT2D eigenvalue weighted by Gasteiger charge is 2.21. The third-order valence-electron chi connectivity index (χ3n) is 3.86. The van der Waals surface area contributed by atoms with Crippen LogP contribution in [0.5, 0.6) is 0 Å². The Kier molecular flexibility index (Phi) is 5.62. The summed E-state index contributed by atoms with van der Waals surface area (Å²) < 4.78 is 4.81. The number of esters is 1. The molecule has 0 radical (unpaired) electrons. The number of benzene rings is 1. The van der Waals surface area contributed by atoms with E-state index in [1.807, 2.05) is 45.9 Å². The summed E-state index contributed by atoms with van der Waals surface area (Å²) in [5.41, 5.74) is 4.40. The van der Waals surface area contributed by atoms with Crippen molar-refractivity contribution in [1.82, 2.24) is 0 Å². The van der Waals surface area contributed by atoms with Crippen molar-refractivity contribution in [3.05, 3.63) is 45.3 Å². The fourth-order valence-corrected chi connectivity index (χ4v) is 3.40. The van der Waals surface area contributed by atoms with Gasteiger partial charge in [0.25, 0.3) is 0 Å². The largest absolute Gasteiger partial charge is 0.465 e. The van der Waals surface area contributed by atoms with E-state index in [-0.39, 0.29) is 12.5 Å². The summed E-state index contributed by atoms with van der Waals surface area (Å²) in [7, 11) is 1.34. The fourth-order valence-electron chi connectivity index (χ4n) is 2.34. The molecule has 2 aromatic rings. The second-order valence-corrected chi connectivity index (χ2v) is 6.92. The third-order valence-corrected chi connectivity index (χ3v) is 4.98. The Hall–Kier alpha value is -2.34. The highest BCUT2D eigenvalue weighted by molar-refractivity contribution is 7.16. The molecule has 0 unspecified atom stereocenters. The summed E-state index contributed by atoms with van der Waals surface area (Å²) >= 11 is 1.38. The molecule has 0 saturated carbocycles. The van der Waals surface area contributed by atoms with Crippen LogP contribution in [0, 0.1) is 27.7 Å². The molecule has 128 valence electrons. The van der Waals surface area contributed by atoms with E-state index in [9.17, 15) is 9.59 Å². The van der Waals surface area contributed by atoms with Crippen molar-refractivity contribution < 1.29 is 14.3 Å². The van der Waals surface area contributed by atoms with Crippen molar-refractivity contribution in [2.45, 2.75) is 27.7 Å². The molecule has 0 saturated heterocycles. The standard InChI is InChI=1S/C18H22N2O3S/c1-10-6-7-11(2)14(8-10)19-9-15(21)20-17-16(18(22)23-5)12(3)13(4)24-17/h6-8,19H,9H2,1-5H3,(H,20,21). The first-order valence-corrected chi connectivity index (χ1v) is 8.44. The van der Waals surface area contributed by atoms with E-state index in [0.717, 1.165) is 27.3 Å². The number of rotatable bonds is 5. The minimum atomic E-state index is -0.436. The molecule has 0 spiro atoms. The second kappa shape index (κ2) is 7.49. The molecule has 1 amide bonds. The molecule has 24 heavy (non-hydrogen) atoms. The number of carbonyl (C=O) groups is 2. The number of anilines is 2. The minimum absolute atomic E-state index is 0.126. The number of carbonyl (C=O) groups excluding carboxylic acids is 2. The van der Waals surface area contributed by atoms with Gasteiger partial charge in [0.05, 0.1) is 19.2 Å². The zero-order chi connectivity index (χ0) is 17.9. The molecular weight excluding hydrogens is 324 g/mol. The lowest BCUT2D eigenvalue weighted by Crippen LogP contribution is -2.22. The highest BCUT2D eigenvalue weighted by atomic mass is 32.1. The van der Waals surface area contributed by atoms with Gasteiger partial charge in [-0.2, -0.15) is 0 Å². The van der Waals surface area contributed by atoms with Crippen molar-refractivity contribution in [3.8, 4) is 0 Å². The van der Waals surface area contributed by atoms with Gasteiger partial charge in [-0.05, 0) is 50.5 Å². The number of hydrogen-bond acceptors (Lipinski definition) is 5. The van der Waals surface area contributed by atoms with E-state index in [0.29, 0.717) is 10.6 Å². The Bertz CT molecular complexity index is 781. The predicted octanol–water partition coefficient (Wildman–Crippen LogP) is 3.82. The van der Waals surface area contributed by atoms with E-state index < -0.39 is 5.97 Å². The van der Waals surface area contributed by atoms with Gasteiger partial charge in [0.1, 0.15) is 5.00 Å². The van der Waals surface area contributed by atoms with Gasteiger partial charge in [-0.1, -0.05) is 12.1 Å². The number of methoxy groups -OCH3 is 1. The van der Waals surface area contributed by atoms with Crippen LogP contribution < -0.4 is 10.6 Å². The Morgan fingerprint density at radius 2 is 1.88 bits per heavy atom. The first-order valence-electron chi connectivity index (χ1n) is 7.62. The smallest absolute Gasteiger partial charge is 0.341 e. The third kappa shape index (κ3) is 3.94. The van der Waals surface area contributed by atoms with Gasteiger partial charge >= 0.3 is 5.97 Å². The number of ether oxygens (including phenoxy) is 1. The topological polar surface area (TPSA) is 67.4 Å². The summed E-state index contributed by atoms with van der Waals surface area (Å²) in [6, 6.07) is 6.04. The van der Waals surface area contributed by atoms with Crippen molar-refractivity contribution >= 4 is 33.9 Å². The summed E-state index contributed by atoms with van der Waals surface area (Å²) in [5.74, 6) is -0.642. The zero-order valence-corrected chi connectivity index (χ0v) is 15.4. The van der Waals surface area contributed by atoms with Gasteiger partial charge in [-0.25, -0.2) is 4.79 Å². The van der Waals surface area contributed by atoms with Crippen LogP contribution in [0.3, 0.4) is 0 Å². The SMILES string of the molecule is COC(=O)c1c(NC(=O)CNc2cc(C)ccc2C)sc(C)c1C. The van der Waals surface area contributed by atoms with E-state index in [1.54, 1.807) is 0 Å². The van der Waals surface area contributed by atoms with E-state index in [1.165, 1.54) is 18.4 Å². The zero-order valence-electron chi connectivity index (χ0n) is 14.6.